The molecule has 7 aromatic rings. The van der Waals surface area contributed by atoms with Crippen LogP contribution in [0.15, 0.2) is 104 Å². The molecule has 32 heteroatoms. The summed E-state index contributed by atoms with van der Waals surface area (Å²) >= 11 is 1.75. The van der Waals surface area contributed by atoms with Gasteiger partial charge in [-0.05, 0) is 123 Å². The third-order valence-electron chi connectivity index (χ3n) is 13.3. The van der Waals surface area contributed by atoms with Gasteiger partial charge in [-0.25, -0.2) is 22.5 Å². The number of nitrogens with two attached hydrogens (primary N) is 11. The molecule has 4 aromatic carbocycles. The fraction of sp³-hybridized carbons (Fsp3) is 0.544. The Bertz CT molecular complexity index is 2960. The molecule has 0 bridgehead atoms. The van der Waals surface area contributed by atoms with Crippen molar-refractivity contribution in [3.8, 4) is 5.75 Å². The van der Waals surface area contributed by atoms with E-state index in [2.05, 4.69) is 39.8 Å². The van der Waals surface area contributed by atoms with Crippen LogP contribution in [0.3, 0.4) is 0 Å². The highest BCUT2D eigenvalue weighted by molar-refractivity contribution is 7.98. The lowest BCUT2D eigenvalue weighted by Crippen LogP contribution is -2.27. The average Bonchev–Trinajstić information content (AvgIpc) is 1.58. The van der Waals surface area contributed by atoms with E-state index < -0.39 is 40.9 Å². The third kappa shape index (κ3) is 48.1. The van der Waals surface area contributed by atoms with Gasteiger partial charge in [-0.3, -0.25) is 0 Å². The van der Waals surface area contributed by atoms with Crippen molar-refractivity contribution in [2.24, 2.45) is 69.0 Å². The number of thioether (sulfide) groups is 1. The molecule has 0 aliphatic carbocycles. The quantitative estimate of drug-likeness (QED) is 0.0164. The monoisotopic (exact) mass is 1450 g/mol. The number of halogens is 4. The maximum Gasteiger partial charge on any atom is 0.199 e. The van der Waals surface area contributed by atoms with Crippen LogP contribution in [0.4, 0.5) is 17.6 Å². The Hall–Kier alpha value is -5.84. The minimum Gasteiger partial charge on any atom is -0.508 e. The first kappa shape index (κ1) is 98.3. The summed E-state index contributed by atoms with van der Waals surface area (Å²) in [5, 5.41) is 103. The predicted molar refractivity (Wildman–Crippen MR) is 392 cm³/mol. The summed E-state index contributed by atoms with van der Waals surface area (Å²) in [6.45, 7) is 6.40. The Labute approximate surface area is 589 Å². The number of benzene rings is 4. The molecule has 0 saturated carbocycles. The van der Waals surface area contributed by atoms with E-state index in [1.54, 1.807) is 55.5 Å². The van der Waals surface area contributed by atoms with Crippen molar-refractivity contribution in [2.45, 2.75) is 139 Å². The van der Waals surface area contributed by atoms with Crippen LogP contribution in [0, 0.1) is 29.2 Å². The average molecular weight is 1450 g/mol. The third-order valence-corrected chi connectivity index (χ3v) is 14.0. The van der Waals surface area contributed by atoms with Crippen molar-refractivity contribution in [3.05, 3.63) is 155 Å². The number of phenolic OH excluding ortho intramolecular Hbond substituents is 1. The number of para-hydroxylation sites is 1. The number of hydrogen-bond acceptors (Lipinski definition) is 25. The number of hydrogen-bond donors (Lipinski definition) is 26. The zero-order valence-corrected chi connectivity index (χ0v) is 59.1. The number of H-pyrrole nitrogens is 3. The summed E-state index contributed by atoms with van der Waals surface area (Å²) in [6, 6.07) is 22.8. The Morgan fingerprint density at radius 1 is 0.450 bits per heavy atom. The second-order valence-corrected chi connectivity index (χ2v) is 24.6. The second kappa shape index (κ2) is 61.8. The minimum atomic E-state index is -1.86. The van der Waals surface area contributed by atoms with Crippen molar-refractivity contribution >= 4 is 33.6 Å². The van der Waals surface area contributed by atoms with Crippen LogP contribution in [-0.2, 0) is 32.1 Å². The smallest absolute Gasteiger partial charge is 0.199 e. The summed E-state index contributed by atoms with van der Waals surface area (Å²) in [4.78, 5) is 12.2. The predicted octanol–water partition coefficient (Wildman–Crippen LogP) is -0.229. The molecule has 0 amide bonds. The molecule has 3 heterocycles. The highest BCUT2D eigenvalue weighted by atomic mass is 32.2. The Kier molecular flexibility index (Phi) is 60.8. The topological polar surface area (TPSA) is 589 Å². The number of aliphatic hydroxyl groups is 11. The maximum atomic E-state index is 13.6. The molecular weight excluding hydrogens is 1330 g/mol. The number of imidazole rings is 1. The van der Waals surface area contributed by atoms with Gasteiger partial charge in [0.15, 0.2) is 23.3 Å². The van der Waals surface area contributed by atoms with Crippen molar-refractivity contribution < 1.29 is 78.8 Å². The first-order chi connectivity index (χ1) is 47.5. The van der Waals surface area contributed by atoms with Crippen molar-refractivity contribution in [1.82, 2.24) is 19.9 Å². The van der Waals surface area contributed by atoms with E-state index in [9.17, 15) is 17.6 Å². The molecule has 0 fully saturated rings. The van der Waals surface area contributed by atoms with E-state index in [1.165, 1.54) is 22.7 Å². The molecule has 0 spiro atoms. The van der Waals surface area contributed by atoms with E-state index in [1.807, 2.05) is 61.0 Å². The highest BCUT2D eigenvalue weighted by Gasteiger charge is 2.24. The molecule has 27 nitrogen and oxygen atoms in total. The molecule has 0 aliphatic heterocycles. The van der Waals surface area contributed by atoms with Crippen molar-refractivity contribution in [1.29, 1.82) is 0 Å². The van der Waals surface area contributed by atoms with Crippen LogP contribution in [-0.4, -0.2) is 233 Å². The van der Waals surface area contributed by atoms with Gasteiger partial charge < -0.3 is 139 Å². The maximum absolute atomic E-state index is 13.6. The molecule has 574 valence electrons. The fourth-order valence-electron chi connectivity index (χ4n) is 7.75. The lowest BCUT2D eigenvalue weighted by Gasteiger charge is -2.09. The SMILES string of the molecule is CC(C)C[C@H](N)CO.CSCC[C@H](N)CO.C[C@H](N)CO.NC(CO)CO.NCCC[C@H](N)CO.N[C@H](CO)Cc1c[nH]c2c(F)c(F)c(F)c(F)c12.N[C@H](CO)Cc1c[nH]c2ccccc12.N[C@H](CO)Cc1ccc(O)cc1.N[C@H](CO)Cc1ccccc1.N[C@H](CO)Cc1cnc[nH]1. The number of aliphatic hydroxyl groups excluding tert-OH is 11. The van der Waals surface area contributed by atoms with Crippen LogP contribution in [0.1, 0.15) is 74.4 Å². The number of aromatic amines is 3. The van der Waals surface area contributed by atoms with Crippen LogP contribution >= 0.6 is 11.8 Å². The number of nitrogens with zero attached hydrogens (tertiary/aromatic N) is 1. The van der Waals surface area contributed by atoms with Crippen molar-refractivity contribution in [2.75, 3.05) is 91.2 Å². The van der Waals surface area contributed by atoms with E-state index in [4.69, 9.17) is 124 Å². The van der Waals surface area contributed by atoms with Gasteiger partial charge in [0.1, 0.15) is 5.75 Å². The number of phenols is 1. The summed E-state index contributed by atoms with van der Waals surface area (Å²) in [6.07, 6.45) is 14.8. The van der Waals surface area contributed by atoms with Crippen LogP contribution in [0.25, 0.3) is 21.8 Å². The molecular formula is C68H121F4N15O12S. The summed E-state index contributed by atoms with van der Waals surface area (Å²) < 4.78 is 53.1. The first-order valence-electron chi connectivity index (χ1n) is 32.6. The Morgan fingerprint density at radius 2 is 0.880 bits per heavy atom. The number of rotatable bonds is 29. The molecule has 0 radical (unpaired) electrons. The van der Waals surface area contributed by atoms with Crippen LogP contribution in [0.2, 0.25) is 0 Å². The van der Waals surface area contributed by atoms with E-state index >= 15 is 0 Å². The van der Waals surface area contributed by atoms with Gasteiger partial charge in [0, 0.05) is 101 Å². The largest absolute Gasteiger partial charge is 0.508 e. The van der Waals surface area contributed by atoms with E-state index in [-0.39, 0.29) is 144 Å². The number of nitrogens with one attached hydrogen (secondary N) is 3. The molecule has 3 aromatic heterocycles. The highest BCUT2D eigenvalue weighted by Crippen LogP contribution is 2.29. The van der Waals surface area contributed by atoms with Crippen LogP contribution in [0.5, 0.6) is 5.75 Å². The number of aromatic nitrogens is 4. The van der Waals surface area contributed by atoms with Gasteiger partial charge in [0.2, 0.25) is 0 Å². The van der Waals surface area contributed by atoms with Gasteiger partial charge in [0.05, 0.1) is 90.6 Å². The summed E-state index contributed by atoms with van der Waals surface area (Å²) in [5.74, 6) is -4.79. The second-order valence-electron chi connectivity index (χ2n) is 23.6. The molecule has 0 unspecified atom stereocenters. The molecule has 37 N–H and O–H groups in total. The van der Waals surface area contributed by atoms with Gasteiger partial charge in [-0.15, -0.1) is 0 Å². The van der Waals surface area contributed by atoms with Gasteiger partial charge in [-0.1, -0.05) is 74.5 Å². The lowest BCUT2D eigenvalue weighted by molar-refractivity contribution is 0.194. The summed E-state index contributed by atoms with van der Waals surface area (Å²) in [7, 11) is 0. The van der Waals surface area contributed by atoms with E-state index in [0.717, 1.165) is 54.6 Å². The summed E-state index contributed by atoms with van der Waals surface area (Å²) in [5.41, 5.74) is 64.3. The Morgan fingerprint density at radius 3 is 1.31 bits per heavy atom. The fourth-order valence-corrected chi connectivity index (χ4v) is 8.29. The molecule has 7 rings (SSSR count). The Balaban J connectivity index is -0.00000107. The zero-order valence-electron chi connectivity index (χ0n) is 58.3. The standard InChI is InChI=1S/C11H10F4N2O.C11H14N2O.C9H13NO2.C9H13NO.C6H11N3O.C6H15NO.C5H14N2O.C5H13NOS.C3H9NO2.C3H9NO/c12-7-6-4(1-5(16)3-18)2-17-11(6)10(15)9(14)8(7)13;12-9(7-14)5-8-6-13-11-4-2-1-3-10(8)11;10-8(6-11)5-7-1-3-9(12)4-2-7;10-9(7-11)6-8-4-2-1-3-5-8;7-5(3-10)1-6-2-8-4-9-6;1-5(2)3-6(7)4-8;6-3-1-2-5(7)4-8;1-8-3-2-5(6)4-7;4-3(1-5)2-6;1-3(4)2-5/h2,5,17-18H,1,3,16H2;1-4,6,9,13-14H,5,7,12H2;1-4,8,11-12H,5-6,10H2;1-5,9,11H,6-7,10H2;2,4-5,10H,1,3,7H2,(H,8,9);5-6,8H,3-4,7H2,1-2H3;5,8H,1-4,6-7H2;5,7H,2-4,6H2,1H3;3,5-6H,1-2,4H2;3,5H,2,4H2,1H3/t5-;9-;8-;9-;5-;6-;2*5-;;3-/m00000000.0/s1. The van der Waals surface area contributed by atoms with Gasteiger partial charge in [0.25, 0.3) is 0 Å². The molecule has 100 heavy (non-hydrogen) atoms. The normalized spacial score (nSPS) is 13.3. The van der Waals surface area contributed by atoms with E-state index in [0.29, 0.717) is 31.7 Å². The number of fused-ring (bicyclic) bond motifs is 2. The van der Waals surface area contributed by atoms with Crippen molar-refractivity contribution in [3.63, 3.8) is 0 Å². The van der Waals surface area contributed by atoms with Gasteiger partial charge in [-0.2, -0.15) is 11.8 Å². The van der Waals surface area contributed by atoms with Gasteiger partial charge >= 0.3 is 0 Å². The molecule has 0 aliphatic rings. The lowest BCUT2D eigenvalue weighted by atomic mass is 10.1. The molecule has 0 saturated heterocycles. The molecule has 9 atom stereocenters. The minimum absolute atomic E-state index is 0.0116. The van der Waals surface area contributed by atoms with Crippen LogP contribution < -0.4 is 63.1 Å². The zero-order chi connectivity index (χ0) is 76.5. The first-order valence-corrected chi connectivity index (χ1v) is 34.0. The number of aromatic hydroxyl groups is 1.